The van der Waals surface area contributed by atoms with E-state index in [2.05, 4.69) is 20.6 Å². The quantitative estimate of drug-likeness (QED) is 0.403. The minimum absolute atomic E-state index is 0.0571. The number of alkyl halides is 3. The van der Waals surface area contributed by atoms with Gasteiger partial charge in [0.1, 0.15) is 11.5 Å². The van der Waals surface area contributed by atoms with Crippen LogP contribution in [0.5, 0.6) is 0 Å². The molecule has 0 spiro atoms. The molecule has 2 aromatic heterocycles. The highest BCUT2D eigenvalue weighted by Gasteiger charge is 2.33. The lowest BCUT2D eigenvalue weighted by molar-refractivity contribution is -0.138. The van der Waals surface area contributed by atoms with E-state index in [1.807, 2.05) is 4.90 Å². The second kappa shape index (κ2) is 9.57. The highest BCUT2D eigenvalue weighted by Crippen LogP contribution is 2.32. The minimum Gasteiger partial charge on any atom is -0.367 e. The van der Waals surface area contributed by atoms with Crippen molar-refractivity contribution in [2.45, 2.75) is 12.7 Å². The molecule has 7 nitrogen and oxygen atoms in total. The molecular weight excluding hydrogens is 476 g/mol. The number of hydrogen-bond donors (Lipinski definition) is 2. The smallest absolute Gasteiger partial charge is 0.367 e. The predicted octanol–water partition coefficient (Wildman–Crippen LogP) is 4.15. The maximum absolute atomic E-state index is 14.8. The number of piperazine rings is 1. The van der Waals surface area contributed by atoms with Crippen LogP contribution in [0.25, 0.3) is 11.0 Å². The van der Waals surface area contributed by atoms with E-state index in [1.165, 1.54) is 47.2 Å². The van der Waals surface area contributed by atoms with E-state index in [1.54, 1.807) is 12.1 Å². The van der Waals surface area contributed by atoms with Crippen LogP contribution in [-0.4, -0.2) is 40.7 Å². The molecule has 1 aliphatic rings. The van der Waals surface area contributed by atoms with E-state index in [-0.39, 0.29) is 23.7 Å². The van der Waals surface area contributed by atoms with Crippen LogP contribution < -0.4 is 21.1 Å². The highest BCUT2D eigenvalue weighted by molar-refractivity contribution is 5.76. The van der Waals surface area contributed by atoms with Gasteiger partial charge in [-0.1, -0.05) is 18.2 Å². The fraction of sp³-hybridized carbons (Fsp3) is 0.240. The number of anilines is 3. The number of hydrogen-bond acceptors (Lipinski definition) is 6. The van der Waals surface area contributed by atoms with Crippen molar-refractivity contribution in [2.24, 2.45) is 0 Å². The molecule has 0 unspecified atom stereocenters. The molecule has 0 bridgehead atoms. The second-order valence-electron chi connectivity index (χ2n) is 8.41. The van der Waals surface area contributed by atoms with Gasteiger partial charge >= 0.3 is 6.18 Å². The Bertz CT molecular complexity index is 1460. The summed E-state index contributed by atoms with van der Waals surface area (Å²) >= 11 is 0. The third-order valence-electron chi connectivity index (χ3n) is 6.04. The predicted molar refractivity (Wildman–Crippen MR) is 129 cm³/mol. The van der Waals surface area contributed by atoms with Crippen LogP contribution in [-0.2, 0) is 12.7 Å². The van der Waals surface area contributed by atoms with Crippen LogP contribution in [0.2, 0.25) is 0 Å². The molecular formula is C25H22F4N6O. The van der Waals surface area contributed by atoms with Crippen molar-refractivity contribution >= 4 is 28.4 Å². The van der Waals surface area contributed by atoms with Crippen molar-refractivity contribution in [1.82, 2.24) is 19.9 Å². The normalized spacial score (nSPS) is 14.3. The monoisotopic (exact) mass is 498 g/mol. The van der Waals surface area contributed by atoms with Gasteiger partial charge in [0.25, 0.3) is 5.56 Å². The van der Waals surface area contributed by atoms with Gasteiger partial charge in [0.15, 0.2) is 0 Å². The first-order valence-corrected chi connectivity index (χ1v) is 11.3. The Labute approximate surface area is 203 Å². The fourth-order valence-corrected chi connectivity index (χ4v) is 4.27. The lowest BCUT2D eigenvalue weighted by atomic mass is 10.1. The van der Waals surface area contributed by atoms with Gasteiger partial charge in [0.2, 0.25) is 5.95 Å². The van der Waals surface area contributed by atoms with Crippen molar-refractivity contribution in [3.8, 4) is 0 Å². The summed E-state index contributed by atoms with van der Waals surface area (Å²) in [6.45, 7) is 2.63. The average Bonchev–Trinajstić information content (AvgIpc) is 2.86. The number of aromatic nitrogens is 3. The first-order valence-electron chi connectivity index (χ1n) is 11.3. The van der Waals surface area contributed by atoms with Gasteiger partial charge in [-0.05, 0) is 35.9 Å². The first kappa shape index (κ1) is 23.7. The molecule has 0 atom stereocenters. The number of halogens is 4. The SMILES string of the molecule is O=c1ccc2cnc(Nc3ccc(N4CCNCC4)c(F)c3)nc2n1Cc1ccccc1C(F)(F)F. The lowest BCUT2D eigenvalue weighted by Crippen LogP contribution is -2.43. The highest BCUT2D eigenvalue weighted by atomic mass is 19.4. The summed E-state index contributed by atoms with van der Waals surface area (Å²) in [5, 5.41) is 6.63. The topological polar surface area (TPSA) is 75.1 Å². The molecule has 2 N–H and O–H groups in total. The van der Waals surface area contributed by atoms with E-state index in [9.17, 15) is 22.4 Å². The third-order valence-corrected chi connectivity index (χ3v) is 6.04. The third kappa shape index (κ3) is 4.87. The van der Waals surface area contributed by atoms with Crippen molar-refractivity contribution in [1.29, 1.82) is 0 Å². The van der Waals surface area contributed by atoms with Gasteiger partial charge in [-0.2, -0.15) is 18.2 Å². The number of nitrogens with one attached hydrogen (secondary N) is 2. The van der Waals surface area contributed by atoms with Crippen LogP contribution in [0.1, 0.15) is 11.1 Å². The van der Waals surface area contributed by atoms with Gasteiger partial charge in [-0.25, -0.2) is 9.37 Å². The molecule has 3 heterocycles. The summed E-state index contributed by atoms with van der Waals surface area (Å²) in [4.78, 5) is 23.2. The molecule has 0 saturated carbocycles. The maximum Gasteiger partial charge on any atom is 0.416 e. The fourth-order valence-electron chi connectivity index (χ4n) is 4.27. The Hall–Kier alpha value is -3.99. The molecule has 4 aromatic rings. The van der Waals surface area contributed by atoms with Gasteiger partial charge in [-0.15, -0.1) is 0 Å². The van der Waals surface area contributed by atoms with E-state index in [0.29, 0.717) is 29.9 Å². The summed E-state index contributed by atoms with van der Waals surface area (Å²) in [6.07, 6.45) is -3.10. The summed E-state index contributed by atoms with van der Waals surface area (Å²) < 4.78 is 56.4. The number of benzene rings is 2. The molecule has 36 heavy (non-hydrogen) atoms. The molecule has 1 saturated heterocycles. The average molecular weight is 498 g/mol. The van der Waals surface area contributed by atoms with Gasteiger partial charge in [0, 0.05) is 49.5 Å². The van der Waals surface area contributed by atoms with Crippen LogP contribution in [0.3, 0.4) is 0 Å². The summed E-state index contributed by atoms with van der Waals surface area (Å²) in [5.74, 6) is -0.316. The standard InChI is InChI=1S/C25H22F4N6O/c26-20-13-18(6-7-21(20)34-11-9-30-10-12-34)32-24-31-14-16-5-8-22(36)35(23(16)33-24)15-17-3-1-2-4-19(17)25(27,28)29/h1-8,13-14,30H,9-12,15H2,(H,31,32,33). The zero-order chi connectivity index (χ0) is 25.3. The van der Waals surface area contributed by atoms with E-state index in [4.69, 9.17) is 0 Å². The van der Waals surface area contributed by atoms with Crippen LogP contribution in [0, 0.1) is 5.82 Å². The zero-order valence-electron chi connectivity index (χ0n) is 19.0. The number of pyridine rings is 1. The van der Waals surface area contributed by atoms with Crippen LogP contribution >= 0.6 is 0 Å². The van der Waals surface area contributed by atoms with Crippen LogP contribution in [0.15, 0.2) is 65.6 Å². The largest absolute Gasteiger partial charge is 0.416 e. The number of fused-ring (bicyclic) bond motifs is 1. The Morgan fingerprint density at radius 3 is 2.56 bits per heavy atom. The minimum atomic E-state index is -4.56. The van der Waals surface area contributed by atoms with Gasteiger partial charge < -0.3 is 15.5 Å². The van der Waals surface area contributed by atoms with E-state index < -0.39 is 23.1 Å². The molecule has 1 fully saturated rings. The molecule has 5 rings (SSSR count). The van der Waals surface area contributed by atoms with E-state index >= 15 is 0 Å². The number of rotatable bonds is 5. The molecule has 1 aliphatic heterocycles. The Kier molecular flexibility index (Phi) is 6.31. The molecule has 0 radical (unpaired) electrons. The van der Waals surface area contributed by atoms with Gasteiger partial charge in [-0.3, -0.25) is 9.36 Å². The molecule has 0 aliphatic carbocycles. The van der Waals surface area contributed by atoms with Crippen molar-refractivity contribution in [3.63, 3.8) is 0 Å². The summed E-state index contributed by atoms with van der Waals surface area (Å²) in [5.41, 5.74) is -0.318. The molecule has 0 amide bonds. The second-order valence-corrected chi connectivity index (χ2v) is 8.41. The Morgan fingerprint density at radius 2 is 1.81 bits per heavy atom. The summed E-state index contributed by atoms with van der Waals surface area (Å²) in [6, 6.07) is 12.6. The molecule has 2 aromatic carbocycles. The molecule has 186 valence electrons. The number of nitrogens with zero attached hydrogens (tertiary/aromatic N) is 4. The first-order chi connectivity index (χ1) is 17.3. The van der Waals surface area contributed by atoms with E-state index in [0.717, 1.165) is 19.2 Å². The van der Waals surface area contributed by atoms with Gasteiger partial charge in [0.05, 0.1) is 17.8 Å². The van der Waals surface area contributed by atoms with Crippen LogP contribution in [0.4, 0.5) is 34.9 Å². The lowest BCUT2D eigenvalue weighted by Gasteiger charge is -2.29. The zero-order valence-corrected chi connectivity index (χ0v) is 19.0. The Balaban J connectivity index is 1.47. The molecule has 11 heteroatoms. The summed E-state index contributed by atoms with van der Waals surface area (Å²) in [7, 11) is 0. The van der Waals surface area contributed by atoms with Crippen molar-refractivity contribution in [2.75, 3.05) is 36.4 Å². The Morgan fingerprint density at radius 1 is 1.03 bits per heavy atom. The van der Waals surface area contributed by atoms with Crippen molar-refractivity contribution in [3.05, 3.63) is 88.1 Å². The van der Waals surface area contributed by atoms with Crippen molar-refractivity contribution < 1.29 is 17.6 Å². The maximum atomic E-state index is 14.8.